The summed E-state index contributed by atoms with van der Waals surface area (Å²) in [5, 5.41) is 0. The first-order chi connectivity index (χ1) is 9.56. The van der Waals surface area contributed by atoms with E-state index in [1.807, 2.05) is 19.9 Å². The molecule has 0 saturated carbocycles. The zero-order valence-corrected chi connectivity index (χ0v) is 12.8. The van der Waals surface area contributed by atoms with Gasteiger partial charge in [-0.3, -0.25) is 0 Å². The second-order valence-corrected chi connectivity index (χ2v) is 5.59. The second kappa shape index (κ2) is 6.58. The molecule has 0 fully saturated rings. The van der Waals surface area contributed by atoms with Crippen LogP contribution >= 0.6 is 0 Å². The second-order valence-electron chi connectivity index (χ2n) is 5.59. The third-order valence-corrected chi connectivity index (χ3v) is 3.02. The first-order valence-corrected chi connectivity index (χ1v) is 7.06. The fraction of sp³-hybridized carbons (Fsp3) is 0.333. The molecule has 0 unspecified atom stereocenters. The van der Waals surface area contributed by atoms with E-state index in [1.54, 1.807) is 0 Å². The quantitative estimate of drug-likeness (QED) is 0.806. The Hall–Kier alpha value is -1.80. The highest BCUT2D eigenvalue weighted by atomic mass is 16.5. The van der Waals surface area contributed by atoms with Crippen molar-refractivity contribution in [1.29, 1.82) is 0 Å². The van der Waals surface area contributed by atoms with Gasteiger partial charge in [-0.1, -0.05) is 36.4 Å². The fourth-order valence-electron chi connectivity index (χ4n) is 2.29. The van der Waals surface area contributed by atoms with Crippen LogP contribution in [-0.2, 0) is 6.54 Å². The lowest BCUT2D eigenvalue weighted by Gasteiger charge is -2.15. The number of nitrogens with zero attached hydrogens (tertiary/aromatic N) is 1. The lowest BCUT2D eigenvalue weighted by Crippen LogP contribution is -2.11. The molecule has 2 aromatic rings. The predicted molar refractivity (Wildman–Crippen MR) is 85.0 cm³/mol. The van der Waals surface area contributed by atoms with E-state index >= 15 is 0 Å². The number of hydrogen-bond donors (Lipinski definition) is 0. The average Bonchev–Trinajstić information content (AvgIpc) is 2.38. The van der Waals surface area contributed by atoms with Crippen LogP contribution in [-0.4, -0.2) is 25.1 Å². The van der Waals surface area contributed by atoms with Crippen molar-refractivity contribution in [3.05, 3.63) is 54.1 Å². The minimum atomic E-state index is 0.197. The molecule has 0 amide bonds. The molecule has 0 aliphatic heterocycles. The first-order valence-electron chi connectivity index (χ1n) is 7.06. The van der Waals surface area contributed by atoms with Gasteiger partial charge in [0.2, 0.25) is 0 Å². The van der Waals surface area contributed by atoms with E-state index in [2.05, 4.69) is 61.5 Å². The number of ether oxygens (including phenoxy) is 1. The molecule has 0 saturated heterocycles. The van der Waals surface area contributed by atoms with E-state index in [1.165, 1.54) is 16.7 Å². The summed E-state index contributed by atoms with van der Waals surface area (Å²) in [4.78, 5) is 2.19. The van der Waals surface area contributed by atoms with Gasteiger partial charge in [0.05, 0.1) is 6.10 Å². The topological polar surface area (TPSA) is 12.5 Å². The van der Waals surface area contributed by atoms with E-state index in [-0.39, 0.29) is 6.10 Å². The summed E-state index contributed by atoms with van der Waals surface area (Å²) in [6.45, 7) is 5.03. The smallest absolute Gasteiger partial charge is 0.120 e. The summed E-state index contributed by atoms with van der Waals surface area (Å²) in [6, 6.07) is 16.9. The third-order valence-electron chi connectivity index (χ3n) is 3.02. The van der Waals surface area contributed by atoms with Crippen LogP contribution in [0.15, 0.2) is 48.5 Å². The van der Waals surface area contributed by atoms with Gasteiger partial charge in [-0.05, 0) is 56.8 Å². The normalized spacial score (nSPS) is 11.1. The molecular formula is C18H23NO. The van der Waals surface area contributed by atoms with Crippen molar-refractivity contribution >= 4 is 0 Å². The SMILES string of the molecule is CC(C)Oc1cccc(-c2ccccc2CN(C)C)c1. The molecule has 106 valence electrons. The minimum absolute atomic E-state index is 0.197. The van der Waals surface area contributed by atoms with Gasteiger partial charge in [0.25, 0.3) is 0 Å². The lowest BCUT2D eigenvalue weighted by molar-refractivity contribution is 0.242. The fourth-order valence-corrected chi connectivity index (χ4v) is 2.29. The van der Waals surface area contributed by atoms with Crippen LogP contribution in [0.5, 0.6) is 5.75 Å². The zero-order valence-electron chi connectivity index (χ0n) is 12.8. The molecule has 2 heteroatoms. The third kappa shape index (κ3) is 3.84. The minimum Gasteiger partial charge on any atom is -0.491 e. The summed E-state index contributed by atoms with van der Waals surface area (Å²) in [6.07, 6.45) is 0.197. The molecular weight excluding hydrogens is 246 g/mol. The maximum Gasteiger partial charge on any atom is 0.120 e. The monoisotopic (exact) mass is 269 g/mol. The summed E-state index contributed by atoms with van der Waals surface area (Å²) >= 11 is 0. The molecule has 0 bridgehead atoms. The molecule has 0 aromatic heterocycles. The Balaban J connectivity index is 2.36. The molecule has 0 heterocycles. The Labute approximate surface area is 122 Å². The summed E-state index contributed by atoms with van der Waals surface area (Å²) in [7, 11) is 4.18. The highest BCUT2D eigenvalue weighted by molar-refractivity contribution is 5.68. The van der Waals surface area contributed by atoms with Gasteiger partial charge < -0.3 is 9.64 Å². The van der Waals surface area contributed by atoms with E-state index < -0.39 is 0 Å². The van der Waals surface area contributed by atoms with Crippen molar-refractivity contribution in [3.8, 4) is 16.9 Å². The molecule has 0 aliphatic rings. The van der Waals surface area contributed by atoms with Crippen molar-refractivity contribution in [3.63, 3.8) is 0 Å². The number of benzene rings is 2. The van der Waals surface area contributed by atoms with Crippen LogP contribution < -0.4 is 4.74 Å². The van der Waals surface area contributed by atoms with Gasteiger partial charge in [-0.2, -0.15) is 0 Å². The predicted octanol–water partition coefficient (Wildman–Crippen LogP) is 4.20. The van der Waals surface area contributed by atoms with Gasteiger partial charge in [-0.25, -0.2) is 0 Å². The molecule has 0 N–H and O–H groups in total. The van der Waals surface area contributed by atoms with Crippen molar-refractivity contribution in [1.82, 2.24) is 4.90 Å². The summed E-state index contributed by atoms with van der Waals surface area (Å²) < 4.78 is 5.79. The van der Waals surface area contributed by atoms with Crippen LogP contribution in [0.3, 0.4) is 0 Å². The van der Waals surface area contributed by atoms with Gasteiger partial charge in [0.15, 0.2) is 0 Å². The maximum atomic E-state index is 5.79. The molecule has 2 rings (SSSR count). The van der Waals surface area contributed by atoms with Crippen LogP contribution in [0.4, 0.5) is 0 Å². The summed E-state index contributed by atoms with van der Waals surface area (Å²) in [5.74, 6) is 0.928. The van der Waals surface area contributed by atoms with Crippen molar-refractivity contribution in [2.75, 3.05) is 14.1 Å². The van der Waals surface area contributed by atoms with Gasteiger partial charge >= 0.3 is 0 Å². The van der Waals surface area contributed by atoms with E-state index in [9.17, 15) is 0 Å². The van der Waals surface area contributed by atoms with Gasteiger partial charge in [0.1, 0.15) is 5.75 Å². The molecule has 0 radical (unpaired) electrons. The highest BCUT2D eigenvalue weighted by Crippen LogP contribution is 2.28. The Bertz CT molecular complexity index is 561. The molecule has 0 atom stereocenters. The van der Waals surface area contributed by atoms with Crippen LogP contribution in [0.2, 0.25) is 0 Å². The number of hydrogen-bond acceptors (Lipinski definition) is 2. The molecule has 2 nitrogen and oxygen atoms in total. The van der Waals surface area contributed by atoms with Gasteiger partial charge in [-0.15, -0.1) is 0 Å². The molecule has 0 aliphatic carbocycles. The van der Waals surface area contributed by atoms with Crippen LogP contribution in [0, 0.1) is 0 Å². The van der Waals surface area contributed by atoms with E-state index in [0.29, 0.717) is 0 Å². The Morgan fingerprint density at radius 2 is 1.75 bits per heavy atom. The van der Waals surface area contributed by atoms with Crippen LogP contribution in [0.1, 0.15) is 19.4 Å². The maximum absolute atomic E-state index is 5.79. The Kier molecular flexibility index (Phi) is 4.80. The van der Waals surface area contributed by atoms with Crippen molar-refractivity contribution < 1.29 is 4.74 Å². The molecule has 2 aromatic carbocycles. The molecule has 0 spiro atoms. The van der Waals surface area contributed by atoms with Crippen LogP contribution in [0.25, 0.3) is 11.1 Å². The Morgan fingerprint density at radius 3 is 2.45 bits per heavy atom. The zero-order chi connectivity index (χ0) is 14.5. The van der Waals surface area contributed by atoms with Gasteiger partial charge in [0, 0.05) is 6.54 Å². The standard InChI is InChI=1S/C18H23NO/c1-14(2)20-17-10-7-9-15(12-17)18-11-6-5-8-16(18)13-19(3)4/h5-12,14H,13H2,1-4H3. The Morgan fingerprint density at radius 1 is 1.00 bits per heavy atom. The highest BCUT2D eigenvalue weighted by Gasteiger charge is 2.07. The summed E-state index contributed by atoms with van der Waals surface area (Å²) in [5.41, 5.74) is 3.82. The largest absolute Gasteiger partial charge is 0.491 e. The van der Waals surface area contributed by atoms with Crippen molar-refractivity contribution in [2.45, 2.75) is 26.5 Å². The molecule has 20 heavy (non-hydrogen) atoms. The first kappa shape index (κ1) is 14.6. The van der Waals surface area contributed by atoms with E-state index in [4.69, 9.17) is 4.74 Å². The average molecular weight is 269 g/mol. The van der Waals surface area contributed by atoms with E-state index in [0.717, 1.165) is 12.3 Å². The lowest BCUT2D eigenvalue weighted by atomic mass is 9.99. The number of rotatable bonds is 5. The van der Waals surface area contributed by atoms with Crippen molar-refractivity contribution in [2.24, 2.45) is 0 Å².